The molecule has 1 atom stereocenters. The van der Waals surface area contributed by atoms with Crippen molar-refractivity contribution in [3.05, 3.63) is 70.9 Å². The Balaban J connectivity index is 1.96. The summed E-state index contributed by atoms with van der Waals surface area (Å²) in [6, 6.07) is 11.9. The second-order valence-corrected chi connectivity index (χ2v) is 6.91. The molecular formula is C21H19F2NO2. The lowest BCUT2D eigenvalue weighted by molar-refractivity contribution is -0.137. The fraction of sp³-hybridized carbons (Fsp3) is 0.286. The number of hydrogen-bond donors (Lipinski definition) is 1. The van der Waals surface area contributed by atoms with E-state index in [9.17, 15) is 18.7 Å². The molecule has 0 radical (unpaired) electrons. The second-order valence-electron chi connectivity index (χ2n) is 6.91. The van der Waals surface area contributed by atoms with Crippen molar-refractivity contribution in [2.45, 2.75) is 38.1 Å². The molecular weight excluding hydrogens is 336 g/mol. The van der Waals surface area contributed by atoms with Crippen molar-refractivity contribution in [2.75, 3.05) is 0 Å². The van der Waals surface area contributed by atoms with Gasteiger partial charge in [0.15, 0.2) is 0 Å². The van der Waals surface area contributed by atoms with Crippen LogP contribution in [0.4, 0.5) is 8.78 Å². The second kappa shape index (κ2) is 6.56. The predicted octanol–water partition coefficient (Wildman–Crippen LogP) is 4.86. The highest BCUT2D eigenvalue weighted by molar-refractivity contribution is 5.87. The average molecular weight is 355 g/mol. The van der Waals surface area contributed by atoms with Gasteiger partial charge in [0.1, 0.15) is 11.6 Å². The summed E-state index contributed by atoms with van der Waals surface area (Å²) >= 11 is 0. The van der Waals surface area contributed by atoms with Crippen molar-refractivity contribution >= 4 is 16.9 Å². The molecule has 0 aliphatic heterocycles. The van der Waals surface area contributed by atoms with E-state index in [-0.39, 0.29) is 12.3 Å². The van der Waals surface area contributed by atoms with Gasteiger partial charge < -0.3 is 9.67 Å². The third-order valence-electron chi connectivity index (χ3n) is 5.19. The van der Waals surface area contributed by atoms with Gasteiger partial charge in [0.25, 0.3) is 0 Å². The number of carboxylic acid groups (broad SMARTS) is 1. The van der Waals surface area contributed by atoms with E-state index in [0.29, 0.717) is 23.9 Å². The van der Waals surface area contributed by atoms with Crippen LogP contribution in [-0.2, 0) is 17.8 Å². The minimum absolute atomic E-state index is 0.00220. The fourth-order valence-corrected chi connectivity index (χ4v) is 4.22. The van der Waals surface area contributed by atoms with E-state index < -0.39 is 17.6 Å². The molecule has 0 bridgehead atoms. The molecule has 1 aromatic heterocycles. The van der Waals surface area contributed by atoms with E-state index in [1.165, 1.54) is 6.07 Å². The van der Waals surface area contributed by atoms with E-state index >= 15 is 0 Å². The largest absolute Gasteiger partial charge is 0.481 e. The van der Waals surface area contributed by atoms with Crippen LogP contribution in [0, 0.1) is 11.6 Å². The van der Waals surface area contributed by atoms with Crippen molar-refractivity contribution in [3.8, 4) is 0 Å². The molecule has 1 aliphatic rings. The van der Waals surface area contributed by atoms with Gasteiger partial charge in [-0.05, 0) is 36.5 Å². The highest BCUT2D eigenvalue weighted by Gasteiger charge is 2.30. The monoisotopic (exact) mass is 355 g/mol. The number of hydrogen-bond acceptors (Lipinski definition) is 1. The van der Waals surface area contributed by atoms with Gasteiger partial charge in [0.2, 0.25) is 0 Å². The summed E-state index contributed by atoms with van der Waals surface area (Å²) < 4.78 is 30.4. The molecule has 0 saturated carbocycles. The molecule has 3 nitrogen and oxygen atoms in total. The minimum atomic E-state index is -0.869. The first-order chi connectivity index (χ1) is 12.5. The summed E-state index contributed by atoms with van der Waals surface area (Å²) in [5, 5.41) is 9.87. The first-order valence-electron chi connectivity index (χ1n) is 8.80. The summed E-state index contributed by atoms with van der Waals surface area (Å²) in [6.45, 7) is 0.436. The van der Waals surface area contributed by atoms with Crippen molar-refractivity contribution < 1.29 is 18.7 Å². The lowest BCUT2D eigenvalue weighted by Crippen LogP contribution is -2.17. The van der Waals surface area contributed by atoms with Crippen LogP contribution in [0.3, 0.4) is 0 Å². The predicted molar refractivity (Wildman–Crippen MR) is 95.3 cm³/mol. The molecule has 0 amide bonds. The molecule has 134 valence electrons. The third kappa shape index (κ3) is 2.87. The summed E-state index contributed by atoms with van der Waals surface area (Å²) in [6.07, 6.45) is 2.29. The first kappa shape index (κ1) is 16.8. The van der Waals surface area contributed by atoms with Crippen LogP contribution in [0.1, 0.15) is 42.0 Å². The van der Waals surface area contributed by atoms with Crippen molar-refractivity contribution in [1.29, 1.82) is 0 Å². The topological polar surface area (TPSA) is 42.2 Å². The maximum atomic E-state index is 14.7. The number of rotatable bonds is 4. The number of benzene rings is 2. The van der Waals surface area contributed by atoms with Crippen LogP contribution in [0.2, 0.25) is 0 Å². The molecule has 3 aromatic rings. The molecule has 2 aromatic carbocycles. The zero-order chi connectivity index (χ0) is 18.3. The number of fused-ring (bicyclic) bond motifs is 3. The van der Waals surface area contributed by atoms with Gasteiger partial charge in [-0.1, -0.05) is 30.3 Å². The van der Waals surface area contributed by atoms with Gasteiger partial charge in [-0.15, -0.1) is 0 Å². The molecule has 0 saturated heterocycles. The van der Waals surface area contributed by atoms with E-state index in [4.69, 9.17) is 0 Å². The Bertz CT molecular complexity index is 979. The maximum Gasteiger partial charge on any atom is 0.304 e. The molecule has 0 unspecified atom stereocenters. The van der Waals surface area contributed by atoms with E-state index in [1.54, 1.807) is 0 Å². The zero-order valence-corrected chi connectivity index (χ0v) is 14.2. The fourth-order valence-electron chi connectivity index (χ4n) is 4.22. The van der Waals surface area contributed by atoms with Crippen LogP contribution in [0.15, 0.2) is 42.5 Å². The van der Waals surface area contributed by atoms with Crippen molar-refractivity contribution in [2.24, 2.45) is 0 Å². The quantitative estimate of drug-likeness (QED) is 0.726. The minimum Gasteiger partial charge on any atom is -0.481 e. The molecule has 0 spiro atoms. The van der Waals surface area contributed by atoms with Crippen LogP contribution in [0.25, 0.3) is 10.9 Å². The van der Waals surface area contributed by atoms with Gasteiger partial charge in [-0.2, -0.15) is 0 Å². The molecule has 1 N–H and O–H groups in total. The summed E-state index contributed by atoms with van der Waals surface area (Å²) in [4.78, 5) is 11.3. The van der Waals surface area contributed by atoms with Crippen LogP contribution in [-0.4, -0.2) is 15.6 Å². The molecule has 1 aliphatic carbocycles. The Hall–Kier alpha value is -2.69. The number of aryl methyl sites for hydroxylation is 1. The van der Waals surface area contributed by atoms with Gasteiger partial charge in [-0.25, -0.2) is 8.78 Å². The summed E-state index contributed by atoms with van der Waals surface area (Å²) in [7, 11) is 0. The lowest BCUT2D eigenvalue weighted by atomic mass is 9.84. The van der Waals surface area contributed by atoms with Gasteiger partial charge in [0.05, 0.1) is 11.9 Å². The van der Waals surface area contributed by atoms with Crippen LogP contribution in [0.5, 0.6) is 0 Å². The standard InChI is InChI=1S/C21H19F2NO2/c22-15-10-17-16-8-4-7-14(9-19(25)26)20(16)24(21(17)18(23)11-15)12-13-5-2-1-3-6-13/h1-3,5-6,10-11,14H,4,7-9,12H2,(H,25,26)/t14-/m1/s1. The lowest BCUT2D eigenvalue weighted by Gasteiger charge is -2.24. The van der Waals surface area contributed by atoms with E-state index in [2.05, 4.69) is 0 Å². The van der Waals surface area contributed by atoms with Gasteiger partial charge in [0, 0.05) is 29.6 Å². The van der Waals surface area contributed by atoms with Gasteiger partial charge in [-0.3, -0.25) is 4.79 Å². The summed E-state index contributed by atoms with van der Waals surface area (Å²) in [5.41, 5.74) is 3.11. The van der Waals surface area contributed by atoms with Crippen LogP contribution >= 0.6 is 0 Å². The van der Waals surface area contributed by atoms with E-state index in [1.807, 2.05) is 34.9 Å². The SMILES string of the molecule is O=C(O)C[C@H]1CCCc2c1n(Cc1ccccc1)c1c(F)cc(F)cc21. The molecule has 1 heterocycles. The number of aromatic nitrogens is 1. The average Bonchev–Trinajstić information content (AvgIpc) is 2.90. The Kier molecular flexibility index (Phi) is 4.23. The number of nitrogens with zero attached hydrogens (tertiary/aromatic N) is 1. The molecule has 26 heavy (non-hydrogen) atoms. The maximum absolute atomic E-state index is 14.7. The highest BCUT2D eigenvalue weighted by Crippen LogP contribution is 2.41. The Morgan fingerprint density at radius 3 is 2.69 bits per heavy atom. The van der Waals surface area contributed by atoms with Crippen molar-refractivity contribution in [3.63, 3.8) is 0 Å². The Morgan fingerprint density at radius 1 is 1.19 bits per heavy atom. The first-order valence-corrected chi connectivity index (χ1v) is 8.80. The van der Waals surface area contributed by atoms with Crippen molar-refractivity contribution in [1.82, 2.24) is 4.57 Å². The number of carbonyl (C=O) groups is 1. The smallest absolute Gasteiger partial charge is 0.304 e. The van der Waals surface area contributed by atoms with Crippen LogP contribution < -0.4 is 0 Å². The Labute approximate surface area is 149 Å². The highest BCUT2D eigenvalue weighted by atomic mass is 19.1. The number of carboxylic acids is 1. The van der Waals surface area contributed by atoms with E-state index in [0.717, 1.165) is 35.7 Å². The molecule has 0 fully saturated rings. The third-order valence-corrected chi connectivity index (χ3v) is 5.19. The number of aliphatic carboxylic acids is 1. The van der Waals surface area contributed by atoms with Gasteiger partial charge >= 0.3 is 5.97 Å². The molecule has 4 rings (SSSR count). The normalized spacial score (nSPS) is 16.6. The summed E-state index contributed by atoms with van der Waals surface area (Å²) in [5.74, 6) is -2.25. The Morgan fingerprint density at radius 2 is 1.96 bits per heavy atom. The molecule has 5 heteroatoms. The zero-order valence-electron chi connectivity index (χ0n) is 14.2. The number of halogens is 2.